The second-order valence-electron chi connectivity index (χ2n) is 8.25. The topological polar surface area (TPSA) is 68.6 Å². The number of carbonyl (C=O) groups is 1. The van der Waals surface area contributed by atoms with E-state index in [0.717, 1.165) is 25.2 Å². The first-order valence-corrected chi connectivity index (χ1v) is 9.34. The fourth-order valence-corrected chi connectivity index (χ4v) is 3.88. The summed E-state index contributed by atoms with van der Waals surface area (Å²) < 4.78 is 19.6. The van der Waals surface area contributed by atoms with Gasteiger partial charge in [0.15, 0.2) is 0 Å². The number of hydrogen-bond donors (Lipinski definition) is 1. The molecule has 2 atom stereocenters. The molecule has 2 aliphatic rings. The Bertz CT molecular complexity index is 768. The van der Waals surface area contributed by atoms with Crippen LogP contribution in [0.3, 0.4) is 0 Å². The van der Waals surface area contributed by atoms with Crippen LogP contribution in [-0.4, -0.2) is 60.3 Å². The van der Waals surface area contributed by atoms with E-state index in [2.05, 4.69) is 10.2 Å². The summed E-state index contributed by atoms with van der Waals surface area (Å²) in [5, 5.41) is 12.7. The highest BCUT2D eigenvalue weighted by Gasteiger charge is 2.40. The molecule has 0 bridgehead atoms. The number of hydrogen-bond acceptors (Lipinski definition) is 5. The van der Waals surface area contributed by atoms with Crippen molar-refractivity contribution in [2.75, 3.05) is 32.7 Å². The van der Waals surface area contributed by atoms with Crippen LogP contribution in [0.2, 0.25) is 0 Å². The number of nitrogens with zero attached hydrogens (tertiary/aromatic N) is 3. The summed E-state index contributed by atoms with van der Waals surface area (Å²) >= 11 is 0. The van der Waals surface area contributed by atoms with Gasteiger partial charge >= 0.3 is 6.09 Å². The van der Waals surface area contributed by atoms with Crippen molar-refractivity contribution in [3.05, 3.63) is 34.6 Å². The van der Waals surface area contributed by atoms with Gasteiger partial charge in [0.2, 0.25) is 0 Å². The predicted molar refractivity (Wildman–Crippen MR) is 99.8 cm³/mol. The number of fused-ring (bicyclic) bond motifs is 1. The lowest BCUT2D eigenvalue weighted by molar-refractivity contribution is -0.0213. The van der Waals surface area contributed by atoms with Crippen molar-refractivity contribution in [1.82, 2.24) is 15.1 Å². The summed E-state index contributed by atoms with van der Waals surface area (Å²) in [6, 6.07) is 4.90. The predicted octanol–water partition coefficient (Wildman–Crippen LogP) is 2.57. The van der Waals surface area contributed by atoms with E-state index in [1.807, 2.05) is 26.8 Å². The van der Waals surface area contributed by atoms with Gasteiger partial charge in [0, 0.05) is 38.8 Å². The summed E-state index contributed by atoms with van der Waals surface area (Å²) in [4.78, 5) is 17.0. The van der Waals surface area contributed by atoms with Crippen LogP contribution in [0.1, 0.15) is 43.5 Å². The molecule has 1 aromatic rings. The Morgan fingerprint density at radius 1 is 1.37 bits per heavy atom. The second kappa shape index (κ2) is 7.45. The van der Waals surface area contributed by atoms with E-state index >= 15 is 0 Å². The van der Waals surface area contributed by atoms with Crippen molar-refractivity contribution in [2.45, 2.75) is 45.4 Å². The van der Waals surface area contributed by atoms with Crippen molar-refractivity contribution in [3.8, 4) is 6.07 Å². The van der Waals surface area contributed by atoms with Crippen LogP contribution in [-0.2, 0) is 4.74 Å². The molecule has 0 unspecified atom stereocenters. The average Bonchev–Trinajstić information content (AvgIpc) is 2.60. The van der Waals surface area contributed by atoms with E-state index in [-0.39, 0.29) is 23.7 Å². The number of amides is 1. The third-order valence-corrected chi connectivity index (χ3v) is 5.22. The van der Waals surface area contributed by atoms with Gasteiger partial charge in [0.1, 0.15) is 17.5 Å². The third kappa shape index (κ3) is 4.07. The molecule has 3 rings (SSSR count). The quantitative estimate of drug-likeness (QED) is 0.818. The van der Waals surface area contributed by atoms with Gasteiger partial charge in [-0.3, -0.25) is 9.80 Å². The lowest BCUT2D eigenvalue weighted by Crippen LogP contribution is -2.63. The molecule has 6 nitrogen and oxygen atoms in total. The van der Waals surface area contributed by atoms with Crippen LogP contribution in [0.4, 0.5) is 9.18 Å². The van der Waals surface area contributed by atoms with E-state index in [4.69, 9.17) is 4.74 Å². The first-order chi connectivity index (χ1) is 12.7. The number of carbonyl (C=O) groups excluding carboxylic acids is 1. The van der Waals surface area contributed by atoms with Crippen LogP contribution in [0.5, 0.6) is 0 Å². The van der Waals surface area contributed by atoms with Gasteiger partial charge in [-0.15, -0.1) is 0 Å². The SMILES string of the molecule is Cc1c([C@@H]2CN3CCNC[C@@H]3CN2C(=O)OC(C)(C)C)ccc(F)c1C#N. The first kappa shape index (κ1) is 19.6. The Hall–Kier alpha value is -2.17. The van der Waals surface area contributed by atoms with Crippen molar-refractivity contribution < 1.29 is 13.9 Å². The molecular weight excluding hydrogens is 347 g/mol. The molecule has 27 heavy (non-hydrogen) atoms. The minimum atomic E-state index is -0.598. The molecule has 146 valence electrons. The van der Waals surface area contributed by atoms with Crippen molar-refractivity contribution in [3.63, 3.8) is 0 Å². The maximum absolute atomic E-state index is 14.0. The molecule has 1 aromatic carbocycles. The molecule has 2 heterocycles. The average molecular weight is 374 g/mol. The van der Waals surface area contributed by atoms with Crippen molar-refractivity contribution in [1.29, 1.82) is 5.26 Å². The standard InChI is InChI=1S/C20H27FN4O2/c1-13-15(5-6-17(21)16(13)9-22)18-12-24-8-7-23-10-14(24)11-25(18)19(26)27-20(2,3)4/h5-6,14,18,23H,7-8,10-12H2,1-4H3/t14-,18+/m1/s1. The maximum Gasteiger partial charge on any atom is 0.410 e. The van der Waals surface area contributed by atoms with Gasteiger partial charge in [-0.05, 0) is 44.9 Å². The van der Waals surface area contributed by atoms with E-state index in [1.165, 1.54) is 6.07 Å². The fraction of sp³-hybridized carbons (Fsp3) is 0.600. The van der Waals surface area contributed by atoms with Crippen LogP contribution >= 0.6 is 0 Å². The third-order valence-electron chi connectivity index (χ3n) is 5.22. The van der Waals surface area contributed by atoms with Gasteiger partial charge in [-0.1, -0.05) is 6.07 Å². The van der Waals surface area contributed by atoms with Gasteiger partial charge < -0.3 is 10.1 Å². The number of rotatable bonds is 1. The zero-order valence-corrected chi connectivity index (χ0v) is 16.4. The number of nitrogens with one attached hydrogen (secondary N) is 1. The number of benzene rings is 1. The van der Waals surface area contributed by atoms with E-state index in [0.29, 0.717) is 18.7 Å². The molecule has 2 fully saturated rings. The molecular formula is C20H27FN4O2. The number of piperazine rings is 2. The minimum Gasteiger partial charge on any atom is -0.444 e. The van der Waals surface area contributed by atoms with E-state index < -0.39 is 11.4 Å². The molecule has 1 N–H and O–H groups in total. The lowest BCUT2D eigenvalue weighted by atomic mass is 9.92. The second-order valence-corrected chi connectivity index (χ2v) is 8.25. The molecule has 2 saturated heterocycles. The highest BCUT2D eigenvalue weighted by molar-refractivity contribution is 5.69. The normalized spacial score (nSPS) is 23.5. The number of halogens is 1. The summed E-state index contributed by atoms with van der Waals surface area (Å²) in [5.41, 5.74) is 0.832. The Balaban J connectivity index is 1.98. The van der Waals surface area contributed by atoms with Gasteiger partial charge in [0.05, 0.1) is 11.6 Å². The van der Waals surface area contributed by atoms with Crippen LogP contribution in [0.25, 0.3) is 0 Å². The highest BCUT2D eigenvalue weighted by atomic mass is 19.1. The summed E-state index contributed by atoms with van der Waals surface area (Å²) in [5.74, 6) is -0.529. The zero-order chi connectivity index (χ0) is 19.8. The van der Waals surface area contributed by atoms with Crippen molar-refractivity contribution >= 4 is 6.09 Å². The minimum absolute atomic E-state index is 0.0408. The van der Waals surface area contributed by atoms with E-state index in [1.54, 1.807) is 17.9 Å². The largest absolute Gasteiger partial charge is 0.444 e. The lowest BCUT2D eigenvalue weighted by Gasteiger charge is -2.48. The van der Waals surface area contributed by atoms with Gasteiger partial charge in [-0.25, -0.2) is 9.18 Å². The molecule has 0 spiro atoms. The molecule has 0 radical (unpaired) electrons. The zero-order valence-electron chi connectivity index (χ0n) is 16.4. The Morgan fingerprint density at radius 2 is 2.11 bits per heavy atom. The maximum atomic E-state index is 14.0. The summed E-state index contributed by atoms with van der Waals surface area (Å²) in [7, 11) is 0. The Morgan fingerprint density at radius 3 is 2.78 bits per heavy atom. The molecule has 2 aliphatic heterocycles. The summed E-state index contributed by atoms with van der Waals surface area (Å²) in [6.45, 7) is 11.1. The Labute approximate surface area is 159 Å². The molecule has 7 heteroatoms. The number of ether oxygens (including phenoxy) is 1. The van der Waals surface area contributed by atoms with E-state index in [9.17, 15) is 14.4 Å². The molecule has 0 aromatic heterocycles. The first-order valence-electron chi connectivity index (χ1n) is 9.34. The summed E-state index contributed by atoms with van der Waals surface area (Å²) in [6.07, 6.45) is -0.375. The number of nitriles is 1. The smallest absolute Gasteiger partial charge is 0.410 e. The molecule has 0 saturated carbocycles. The van der Waals surface area contributed by atoms with Crippen molar-refractivity contribution in [2.24, 2.45) is 0 Å². The molecule has 1 amide bonds. The van der Waals surface area contributed by atoms with Crippen LogP contribution < -0.4 is 5.32 Å². The highest BCUT2D eigenvalue weighted by Crippen LogP contribution is 2.33. The molecule has 0 aliphatic carbocycles. The Kier molecular flexibility index (Phi) is 5.41. The van der Waals surface area contributed by atoms with Crippen LogP contribution in [0.15, 0.2) is 12.1 Å². The van der Waals surface area contributed by atoms with Crippen LogP contribution in [0, 0.1) is 24.1 Å². The monoisotopic (exact) mass is 374 g/mol. The van der Waals surface area contributed by atoms with Gasteiger partial charge in [0.25, 0.3) is 0 Å². The van der Waals surface area contributed by atoms with Gasteiger partial charge in [-0.2, -0.15) is 5.26 Å². The fourth-order valence-electron chi connectivity index (χ4n) is 3.88.